The first-order chi connectivity index (χ1) is 13.2. The van der Waals surface area contributed by atoms with Crippen LogP contribution in [0.2, 0.25) is 0 Å². The third-order valence-corrected chi connectivity index (χ3v) is 7.66. The summed E-state index contributed by atoms with van der Waals surface area (Å²) >= 11 is 0. The molecule has 2 aliphatic rings. The molecule has 154 valence electrons. The van der Waals surface area contributed by atoms with E-state index in [0.717, 1.165) is 31.5 Å². The number of rotatable bonds is 5. The van der Waals surface area contributed by atoms with Gasteiger partial charge in [0, 0.05) is 30.7 Å². The molecule has 2 aliphatic heterocycles. The number of aryl methyl sites for hydroxylation is 1. The molecule has 3 rings (SSSR count). The van der Waals surface area contributed by atoms with Crippen molar-refractivity contribution in [1.29, 1.82) is 5.26 Å². The maximum absolute atomic E-state index is 12.6. The van der Waals surface area contributed by atoms with Gasteiger partial charge in [-0.15, -0.1) is 0 Å². The Hall–Kier alpha value is -1.89. The van der Waals surface area contributed by atoms with E-state index in [-0.39, 0.29) is 41.4 Å². The molecule has 0 aromatic carbocycles. The van der Waals surface area contributed by atoms with E-state index in [2.05, 4.69) is 21.6 Å². The second kappa shape index (κ2) is 8.23. The lowest BCUT2D eigenvalue weighted by Gasteiger charge is -2.36. The maximum Gasteiger partial charge on any atom is 0.243 e. The van der Waals surface area contributed by atoms with Gasteiger partial charge >= 0.3 is 0 Å². The monoisotopic (exact) mass is 408 g/mol. The smallest absolute Gasteiger partial charge is 0.243 e. The molecular weight excluding hydrogens is 380 g/mol. The number of piperidine rings is 1. The minimum absolute atomic E-state index is 0.0529. The Morgan fingerprint density at radius 3 is 2.50 bits per heavy atom. The minimum Gasteiger partial charge on any atom is -0.444 e. The molecule has 1 aromatic heterocycles. The number of hydrogen-bond acceptors (Lipinski definition) is 7. The number of carbonyl (C=O) groups is 1. The van der Waals surface area contributed by atoms with Gasteiger partial charge in [-0.05, 0) is 40.0 Å². The van der Waals surface area contributed by atoms with Crippen molar-refractivity contribution < 1.29 is 17.6 Å². The molecule has 0 aliphatic carbocycles. The summed E-state index contributed by atoms with van der Waals surface area (Å²) in [5, 5.41) is 15.5. The summed E-state index contributed by atoms with van der Waals surface area (Å²) in [6.45, 7) is 6.92. The van der Waals surface area contributed by atoms with Crippen LogP contribution in [-0.4, -0.2) is 61.9 Å². The highest BCUT2D eigenvalue weighted by atomic mass is 32.2. The molecule has 0 unspecified atom stereocenters. The summed E-state index contributed by atoms with van der Waals surface area (Å²) < 4.78 is 28.7. The third-order valence-electron chi connectivity index (χ3n) is 5.89. The lowest BCUT2D eigenvalue weighted by Crippen LogP contribution is -2.51. The molecule has 8 nitrogen and oxygen atoms in total. The van der Waals surface area contributed by atoms with Crippen molar-refractivity contribution >= 4 is 21.6 Å². The number of anilines is 1. The van der Waals surface area contributed by atoms with Gasteiger partial charge < -0.3 is 9.73 Å². The van der Waals surface area contributed by atoms with Crippen molar-refractivity contribution in [2.24, 2.45) is 0 Å². The van der Waals surface area contributed by atoms with Crippen molar-refractivity contribution in [2.75, 3.05) is 29.9 Å². The van der Waals surface area contributed by atoms with E-state index in [0.29, 0.717) is 17.7 Å². The maximum atomic E-state index is 12.6. The van der Waals surface area contributed by atoms with Gasteiger partial charge in [-0.2, -0.15) is 5.26 Å². The van der Waals surface area contributed by atoms with Gasteiger partial charge in [0.15, 0.2) is 9.84 Å². The normalized spacial score (nSPS) is 24.0. The summed E-state index contributed by atoms with van der Waals surface area (Å²) in [5.74, 6) is 1.15. The highest BCUT2D eigenvalue weighted by molar-refractivity contribution is 7.91. The number of sulfone groups is 1. The quantitative estimate of drug-likeness (QED) is 0.755. The van der Waals surface area contributed by atoms with Crippen LogP contribution >= 0.6 is 0 Å². The van der Waals surface area contributed by atoms with Crippen molar-refractivity contribution in [2.45, 2.75) is 58.2 Å². The van der Waals surface area contributed by atoms with Crippen molar-refractivity contribution in [3.8, 4) is 6.07 Å². The summed E-state index contributed by atoms with van der Waals surface area (Å²) in [5.41, 5.74) is 1.11. The number of nitrogens with zero attached hydrogens (tertiary/aromatic N) is 2. The molecule has 1 aromatic rings. The first kappa shape index (κ1) is 20.8. The molecule has 2 saturated heterocycles. The van der Waals surface area contributed by atoms with Gasteiger partial charge in [-0.1, -0.05) is 0 Å². The van der Waals surface area contributed by atoms with Crippen LogP contribution in [0, 0.1) is 25.2 Å². The Morgan fingerprint density at radius 1 is 1.25 bits per heavy atom. The lowest BCUT2D eigenvalue weighted by atomic mass is 10.0. The molecule has 0 radical (unpaired) electrons. The van der Waals surface area contributed by atoms with E-state index in [1.165, 1.54) is 0 Å². The highest BCUT2D eigenvalue weighted by Gasteiger charge is 2.32. The molecule has 0 saturated carbocycles. The first-order valence-electron chi connectivity index (χ1n) is 9.71. The molecular formula is C19H28N4O4S. The Morgan fingerprint density at radius 2 is 1.93 bits per heavy atom. The first-order valence-corrected chi connectivity index (χ1v) is 11.5. The zero-order valence-electron chi connectivity index (χ0n) is 16.6. The van der Waals surface area contributed by atoms with Crippen LogP contribution < -0.4 is 10.6 Å². The SMILES string of the molecule is Cc1oc(NC(=O)[C@H](C)N2CCC(N[C@H]3CCS(=O)(=O)C3)CC2)c(C#N)c1C. The molecule has 2 fully saturated rings. The van der Waals surface area contributed by atoms with Crippen LogP contribution in [0.25, 0.3) is 0 Å². The van der Waals surface area contributed by atoms with Gasteiger partial charge in [0.2, 0.25) is 11.8 Å². The zero-order valence-corrected chi connectivity index (χ0v) is 17.4. The van der Waals surface area contributed by atoms with Crippen molar-refractivity contribution in [3.63, 3.8) is 0 Å². The van der Waals surface area contributed by atoms with E-state index in [9.17, 15) is 18.5 Å². The number of amides is 1. The van der Waals surface area contributed by atoms with E-state index in [1.807, 2.05) is 6.92 Å². The summed E-state index contributed by atoms with van der Waals surface area (Å²) in [7, 11) is -2.88. The summed E-state index contributed by atoms with van der Waals surface area (Å²) in [6, 6.07) is 2.07. The lowest BCUT2D eigenvalue weighted by molar-refractivity contribution is -0.121. The van der Waals surface area contributed by atoms with Gasteiger partial charge in [0.05, 0.1) is 17.5 Å². The molecule has 3 heterocycles. The molecule has 2 atom stereocenters. The van der Waals surface area contributed by atoms with Crippen molar-refractivity contribution in [3.05, 3.63) is 16.9 Å². The van der Waals surface area contributed by atoms with E-state index < -0.39 is 9.84 Å². The molecule has 28 heavy (non-hydrogen) atoms. The number of likely N-dealkylation sites (tertiary alicyclic amines) is 1. The topological polar surface area (TPSA) is 115 Å². The molecule has 0 spiro atoms. The molecule has 2 N–H and O–H groups in total. The fraction of sp³-hybridized carbons (Fsp3) is 0.684. The van der Waals surface area contributed by atoms with Crippen LogP contribution in [-0.2, 0) is 14.6 Å². The average Bonchev–Trinajstić information content (AvgIpc) is 3.13. The third kappa shape index (κ3) is 4.57. The van der Waals surface area contributed by atoms with Gasteiger partial charge in [-0.3, -0.25) is 15.0 Å². The van der Waals surface area contributed by atoms with E-state index >= 15 is 0 Å². The van der Waals surface area contributed by atoms with Gasteiger partial charge in [0.25, 0.3) is 0 Å². The number of nitriles is 1. The Balaban J connectivity index is 1.51. The van der Waals surface area contributed by atoms with Crippen LogP contribution in [0.15, 0.2) is 4.42 Å². The number of carbonyl (C=O) groups excluding carboxylic acids is 1. The van der Waals surface area contributed by atoms with Gasteiger partial charge in [0.1, 0.15) is 17.4 Å². The van der Waals surface area contributed by atoms with Crippen LogP contribution in [0.1, 0.15) is 43.1 Å². The van der Waals surface area contributed by atoms with Crippen LogP contribution in [0.5, 0.6) is 0 Å². The fourth-order valence-electron chi connectivity index (χ4n) is 3.95. The Bertz CT molecular complexity index is 878. The predicted molar refractivity (Wildman–Crippen MR) is 106 cm³/mol. The summed E-state index contributed by atoms with van der Waals surface area (Å²) in [4.78, 5) is 14.7. The number of nitrogens with one attached hydrogen (secondary N) is 2. The van der Waals surface area contributed by atoms with E-state index in [1.54, 1.807) is 13.8 Å². The van der Waals surface area contributed by atoms with Crippen molar-refractivity contribution in [1.82, 2.24) is 10.2 Å². The number of hydrogen-bond donors (Lipinski definition) is 2. The molecule has 0 bridgehead atoms. The van der Waals surface area contributed by atoms with Crippen LogP contribution in [0.4, 0.5) is 5.88 Å². The second-order valence-electron chi connectivity index (χ2n) is 7.84. The molecule has 1 amide bonds. The van der Waals surface area contributed by atoms with E-state index in [4.69, 9.17) is 4.42 Å². The predicted octanol–water partition coefficient (Wildman–Crippen LogP) is 1.34. The molecule has 9 heteroatoms. The Labute approximate surface area is 166 Å². The average molecular weight is 409 g/mol. The van der Waals surface area contributed by atoms with Gasteiger partial charge in [-0.25, -0.2) is 8.42 Å². The second-order valence-corrected chi connectivity index (χ2v) is 10.1. The summed E-state index contributed by atoms with van der Waals surface area (Å²) in [6.07, 6.45) is 2.43. The fourth-order valence-corrected chi connectivity index (χ4v) is 5.63. The van der Waals surface area contributed by atoms with Crippen LogP contribution in [0.3, 0.4) is 0 Å². The highest BCUT2D eigenvalue weighted by Crippen LogP contribution is 2.26. The minimum atomic E-state index is -2.88. The number of furan rings is 1. The Kier molecular flexibility index (Phi) is 6.12. The largest absolute Gasteiger partial charge is 0.444 e. The zero-order chi connectivity index (χ0) is 20.5. The standard InChI is InChI=1S/C19H28N4O4S/c1-12-14(3)27-19(17(12)10-20)22-18(24)13(2)23-7-4-15(5-8-23)21-16-6-9-28(25,26)11-16/h13,15-16,21H,4-9,11H2,1-3H3,(H,22,24)/t13-,16-/m0/s1.